The Morgan fingerprint density at radius 2 is 1.90 bits per heavy atom. The molecule has 7 heteroatoms. The number of halogens is 1. The first kappa shape index (κ1) is 21.7. The molecule has 1 heterocycles. The van der Waals surface area contributed by atoms with E-state index in [1.165, 1.54) is 24.1 Å². The molecule has 1 amide bonds. The number of methoxy groups -OCH3 is 1. The van der Waals surface area contributed by atoms with Crippen molar-refractivity contribution in [2.45, 2.75) is 33.2 Å². The van der Waals surface area contributed by atoms with Crippen LogP contribution in [-0.2, 0) is 9.59 Å². The van der Waals surface area contributed by atoms with E-state index in [1.54, 1.807) is 12.1 Å². The predicted octanol–water partition coefficient (Wildman–Crippen LogP) is 4.50. The van der Waals surface area contributed by atoms with Crippen LogP contribution in [0.5, 0.6) is 11.5 Å². The Kier molecular flexibility index (Phi) is 6.08. The van der Waals surface area contributed by atoms with E-state index in [4.69, 9.17) is 16.3 Å². The summed E-state index contributed by atoms with van der Waals surface area (Å²) in [5.74, 6) is -1.43. The molecule has 0 aromatic heterocycles. The highest BCUT2D eigenvalue weighted by molar-refractivity contribution is 6.46. The zero-order valence-corrected chi connectivity index (χ0v) is 18.1. The normalized spacial score (nSPS) is 18.2. The molecule has 0 spiro atoms. The topological polar surface area (TPSA) is 87.1 Å². The maximum absolute atomic E-state index is 13.0. The van der Waals surface area contributed by atoms with Crippen molar-refractivity contribution < 1.29 is 24.5 Å². The standard InChI is InChI=1S/C23H24ClNO5/c1-5-8-25-19(14-6-7-17(26)16(24)11-14)18(21(28)23(25)29)20(27)15-10-12(2)9-13(3)22(15)30-4/h6-7,9-11,19,26-27H,5,8H2,1-4H3/b20-18+. The number of likely N-dealkylation sites (tertiary alicyclic amines) is 1. The number of aliphatic hydroxyl groups is 1. The summed E-state index contributed by atoms with van der Waals surface area (Å²) in [5, 5.41) is 21.1. The number of rotatable bonds is 5. The van der Waals surface area contributed by atoms with Crippen molar-refractivity contribution in [1.29, 1.82) is 0 Å². The number of ketones is 1. The van der Waals surface area contributed by atoms with Gasteiger partial charge in [0.05, 0.1) is 29.3 Å². The summed E-state index contributed by atoms with van der Waals surface area (Å²) in [4.78, 5) is 27.2. The van der Waals surface area contributed by atoms with Gasteiger partial charge in [-0.1, -0.05) is 30.7 Å². The number of nitrogens with zero attached hydrogens (tertiary/aromatic N) is 1. The molecule has 2 aromatic rings. The number of ether oxygens (including phenoxy) is 1. The lowest BCUT2D eigenvalue weighted by molar-refractivity contribution is -0.139. The van der Waals surface area contributed by atoms with E-state index in [-0.39, 0.29) is 22.1 Å². The number of hydrogen-bond donors (Lipinski definition) is 2. The van der Waals surface area contributed by atoms with E-state index in [2.05, 4.69) is 0 Å². The van der Waals surface area contributed by atoms with Crippen LogP contribution in [0.4, 0.5) is 0 Å². The number of phenols is 1. The summed E-state index contributed by atoms with van der Waals surface area (Å²) >= 11 is 6.09. The minimum atomic E-state index is -0.825. The second-order valence-corrected chi connectivity index (χ2v) is 7.77. The lowest BCUT2D eigenvalue weighted by Gasteiger charge is -2.25. The zero-order chi connectivity index (χ0) is 22.2. The molecule has 2 aromatic carbocycles. The number of aromatic hydroxyl groups is 1. The maximum atomic E-state index is 13.0. The largest absolute Gasteiger partial charge is 0.507 e. The zero-order valence-electron chi connectivity index (χ0n) is 17.3. The molecule has 0 saturated carbocycles. The molecule has 1 unspecified atom stereocenters. The minimum Gasteiger partial charge on any atom is -0.507 e. The van der Waals surface area contributed by atoms with Crippen LogP contribution in [0, 0.1) is 13.8 Å². The summed E-state index contributed by atoms with van der Waals surface area (Å²) in [6.07, 6.45) is 0.627. The van der Waals surface area contributed by atoms with Crippen molar-refractivity contribution in [1.82, 2.24) is 4.90 Å². The van der Waals surface area contributed by atoms with E-state index in [9.17, 15) is 19.8 Å². The monoisotopic (exact) mass is 429 g/mol. The van der Waals surface area contributed by atoms with Gasteiger partial charge < -0.3 is 19.8 Å². The molecule has 1 aliphatic rings. The molecule has 1 aliphatic heterocycles. The number of aliphatic hydroxyl groups excluding tert-OH is 1. The Hall–Kier alpha value is -2.99. The van der Waals surface area contributed by atoms with E-state index >= 15 is 0 Å². The number of phenolic OH excluding ortho intramolecular Hbond substituents is 1. The number of carbonyl (C=O) groups excluding carboxylic acids is 2. The lowest BCUT2D eigenvalue weighted by Crippen LogP contribution is -2.30. The van der Waals surface area contributed by atoms with E-state index in [1.807, 2.05) is 26.8 Å². The number of aryl methyl sites for hydroxylation is 2. The molecule has 6 nitrogen and oxygen atoms in total. The van der Waals surface area contributed by atoms with Gasteiger partial charge in [0.25, 0.3) is 11.7 Å². The van der Waals surface area contributed by atoms with Crippen LogP contribution in [0.1, 0.15) is 41.6 Å². The molecule has 1 atom stereocenters. The van der Waals surface area contributed by atoms with Crippen molar-refractivity contribution in [3.63, 3.8) is 0 Å². The fourth-order valence-electron chi connectivity index (χ4n) is 3.94. The molecule has 1 saturated heterocycles. The number of hydrogen-bond acceptors (Lipinski definition) is 5. The van der Waals surface area contributed by atoms with Gasteiger partial charge in [0.2, 0.25) is 0 Å². The van der Waals surface area contributed by atoms with Gasteiger partial charge in [0.15, 0.2) is 0 Å². The Labute approximate surface area is 180 Å². The Morgan fingerprint density at radius 3 is 2.50 bits per heavy atom. The number of amides is 1. The second-order valence-electron chi connectivity index (χ2n) is 7.37. The molecule has 0 aliphatic carbocycles. The maximum Gasteiger partial charge on any atom is 0.295 e. The first-order valence-corrected chi connectivity index (χ1v) is 10.0. The SMILES string of the molecule is CCCN1C(=O)C(=O)/C(=C(/O)c2cc(C)cc(C)c2OC)C1c1ccc(O)c(Cl)c1. The summed E-state index contributed by atoms with van der Waals surface area (Å²) in [6.45, 7) is 5.94. The average molecular weight is 430 g/mol. The number of Topliss-reactive ketones (excluding diaryl/α,β-unsaturated/α-hetero) is 1. The summed E-state index contributed by atoms with van der Waals surface area (Å²) in [6, 6.07) is 7.29. The summed E-state index contributed by atoms with van der Waals surface area (Å²) in [5.41, 5.74) is 2.51. The second kappa shape index (κ2) is 8.40. The molecule has 30 heavy (non-hydrogen) atoms. The molecule has 1 fully saturated rings. The summed E-state index contributed by atoms with van der Waals surface area (Å²) < 4.78 is 5.47. The Bertz CT molecular complexity index is 1060. The van der Waals surface area contributed by atoms with Crippen molar-refractivity contribution >= 4 is 29.1 Å². The van der Waals surface area contributed by atoms with Gasteiger partial charge in [-0.15, -0.1) is 0 Å². The van der Waals surface area contributed by atoms with Crippen LogP contribution in [0.25, 0.3) is 5.76 Å². The third-order valence-electron chi connectivity index (χ3n) is 5.17. The molecule has 3 rings (SSSR count). The highest BCUT2D eigenvalue weighted by Crippen LogP contribution is 2.43. The first-order chi connectivity index (χ1) is 14.2. The number of benzene rings is 2. The van der Waals surface area contributed by atoms with E-state index < -0.39 is 17.7 Å². The van der Waals surface area contributed by atoms with Crippen molar-refractivity contribution in [3.05, 3.63) is 63.2 Å². The van der Waals surface area contributed by atoms with E-state index in [0.29, 0.717) is 29.8 Å². The fourth-order valence-corrected chi connectivity index (χ4v) is 4.13. The lowest BCUT2D eigenvalue weighted by atomic mass is 9.93. The van der Waals surface area contributed by atoms with Gasteiger partial charge in [-0.2, -0.15) is 0 Å². The predicted molar refractivity (Wildman–Crippen MR) is 115 cm³/mol. The van der Waals surface area contributed by atoms with E-state index in [0.717, 1.165) is 11.1 Å². The third kappa shape index (κ3) is 3.63. The number of carbonyl (C=O) groups is 2. The van der Waals surface area contributed by atoms with Gasteiger partial charge in [-0.3, -0.25) is 9.59 Å². The Balaban J connectivity index is 2.30. The van der Waals surface area contributed by atoms with Gasteiger partial charge in [-0.25, -0.2) is 0 Å². The quantitative estimate of drug-likeness (QED) is 0.415. The highest BCUT2D eigenvalue weighted by Gasteiger charge is 2.46. The molecule has 2 N–H and O–H groups in total. The molecule has 0 bridgehead atoms. The van der Waals surface area contributed by atoms with Crippen LogP contribution >= 0.6 is 11.6 Å². The van der Waals surface area contributed by atoms with Crippen LogP contribution < -0.4 is 4.74 Å². The molecular weight excluding hydrogens is 406 g/mol. The van der Waals surface area contributed by atoms with Crippen LogP contribution in [0.3, 0.4) is 0 Å². The Morgan fingerprint density at radius 1 is 1.20 bits per heavy atom. The minimum absolute atomic E-state index is 0.0292. The third-order valence-corrected chi connectivity index (χ3v) is 5.47. The van der Waals surface area contributed by atoms with Gasteiger partial charge >= 0.3 is 0 Å². The van der Waals surface area contributed by atoms with Crippen molar-refractivity contribution in [2.75, 3.05) is 13.7 Å². The van der Waals surface area contributed by atoms with Gasteiger partial charge in [-0.05, 0) is 55.2 Å². The molecule has 158 valence electrons. The fraction of sp³-hybridized carbons (Fsp3) is 0.304. The van der Waals surface area contributed by atoms with Crippen LogP contribution in [0.2, 0.25) is 5.02 Å². The van der Waals surface area contributed by atoms with Gasteiger partial charge in [0, 0.05) is 6.54 Å². The average Bonchev–Trinajstić information content (AvgIpc) is 2.94. The highest BCUT2D eigenvalue weighted by atomic mass is 35.5. The molecular formula is C23H24ClNO5. The summed E-state index contributed by atoms with van der Waals surface area (Å²) in [7, 11) is 1.49. The van der Waals surface area contributed by atoms with Crippen LogP contribution in [0.15, 0.2) is 35.9 Å². The van der Waals surface area contributed by atoms with Crippen molar-refractivity contribution in [2.24, 2.45) is 0 Å². The smallest absolute Gasteiger partial charge is 0.295 e. The molecule has 0 radical (unpaired) electrons. The van der Waals surface area contributed by atoms with Gasteiger partial charge in [0.1, 0.15) is 17.3 Å². The van der Waals surface area contributed by atoms with Crippen LogP contribution in [-0.4, -0.2) is 40.5 Å². The first-order valence-electron chi connectivity index (χ1n) is 9.63. The van der Waals surface area contributed by atoms with Crippen molar-refractivity contribution in [3.8, 4) is 11.5 Å².